The first kappa shape index (κ1) is 12.6. The number of nitrogens with zero attached hydrogens (tertiary/aromatic N) is 2. The van der Waals surface area contributed by atoms with E-state index >= 15 is 0 Å². The second kappa shape index (κ2) is 6.80. The fourth-order valence-electron chi connectivity index (χ4n) is 2.03. The summed E-state index contributed by atoms with van der Waals surface area (Å²) in [5, 5.41) is 0. The van der Waals surface area contributed by atoms with Crippen LogP contribution in [-0.4, -0.2) is 9.55 Å². The van der Waals surface area contributed by atoms with Crippen molar-refractivity contribution in [3.05, 3.63) is 60.2 Å². The highest BCUT2D eigenvalue weighted by Gasteiger charge is 1.95. The third-order valence-electron chi connectivity index (χ3n) is 3.03. The molecule has 0 aliphatic rings. The van der Waals surface area contributed by atoms with Crippen molar-refractivity contribution in [3.8, 4) is 0 Å². The van der Waals surface area contributed by atoms with Crippen molar-refractivity contribution in [3.63, 3.8) is 0 Å². The molecule has 0 fully saturated rings. The molecule has 2 aromatic rings. The van der Waals surface area contributed by atoms with Crippen molar-refractivity contribution in [1.29, 1.82) is 0 Å². The fourth-order valence-corrected chi connectivity index (χ4v) is 2.03. The van der Waals surface area contributed by atoms with Crippen LogP contribution in [0.15, 0.2) is 49.1 Å². The number of aromatic nitrogens is 2. The highest BCUT2D eigenvalue weighted by molar-refractivity contribution is 5.49. The van der Waals surface area contributed by atoms with Crippen LogP contribution >= 0.6 is 0 Å². The molecule has 1 aromatic heterocycles. The van der Waals surface area contributed by atoms with E-state index in [1.807, 2.05) is 25.6 Å². The minimum Gasteiger partial charge on any atom is -0.337 e. The molecule has 0 atom stereocenters. The fraction of sp³-hybridized carbons (Fsp3) is 0.312. The highest BCUT2D eigenvalue weighted by atomic mass is 15.0. The van der Waals surface area contributed by atoms with E-state index in [-0.39, 0.29) is 0 Å². The lowest BCUT2D eigenvalue weighted by molar-refractivity contribution is 0.609. The molecule has 18 heavy (non-hydrogen) atoms. The predicted molar refractivity (Wildman–Crippen MR) is 76.3 cm³/mol. The summed E-state index contributed by atoms with van der Waals surface area (Å²) in [4.78, 5) is 4.04. The SMILES string of the molecule is C/C=C/c1ccc(CCCCn2ccnc2)cc1. The zero-order valence-electron chi connectivity index (χ0n) is 10.9. The van der Waals surface area contributed by atoms with Gasteiger partial charge in [-0.3, -0.25) is 0 Å². The van der Waals surface area contributed by atoms with Crippen LogP contribution in [-0.2, 0) is 13.0 Å². The summed E-state index contributed by atoms with van der Waals surface area (Å²) in [5.41, 5.74) is 2.70. The maximum Gasteiger partial charge on any atom is 0.0945 e. The predicted octanol–water partition coefficient (Wildman–Crippen LogP) is 3.94. The van der Waals surface area contributed by atoms with Gasteiger partial charge in [-0.15, -0.1) is 0 Å². The van der Waals surface area contributed by atoms with Crippen LogP contribution in [0.2, 0.25) is 0 Å². The minimum absolute atomic E-state index is 1.07. The van der Waals surface area contributed by atoms with Crippen LogP contribution in [0.1, 0.15) is 30.9 Å². The monoisotopic (exact) mass is 240 g/mol. The van der Waals surface area contributed by atoms with E-state index in [1.165, 1.54) is 24.0 Å². The summed E-state index contributed by atoms with van der Waals surface area (Å²) < 4.78 is 2.13. The molecular formula is C16H20N2. The van der Waals surface area contributed by atoms with Crippen LogP contribution < -0.4 is 0 Å². The number of hydrogen-bond donors (Lipinski definition) is 0. The molecule has 0 spiro atoms. The maximum atomic E-state index is 4.04. The Balaban J connectivity index is 1.73. The Morgan fingerprint density at radius 3 is 2.67 bits per heavy atom. The molecule has 0 amide bonds. The Labute approximate surface area is 109 Å². The summed E-state index contributed by atoms with van der Waals surface area (Å²) in [5.74, 6) is 0. The van der Waals surface area contributed by atoms with E-state index in [1.54, 1.807) is 0 Å². The first-order chi connectivity index (χ1) is 8.88. The van der Waals surface area contributed by atoms with Crippen LogP contribution in [0.5, 0.6) is 0 Å². The Hall–Kier alpha value is -1.83. The lowest BCUT2D eigenvalue weighted by Crippen LogP contribution is -1.95. The zero-order valence-corrected chi connectivity index (χ0v) is 10.9. The van der Waals surface area contributed by atoms with Gasteiger partial charge in [-0.2, -0.15) is 0 Å². The summed E-state index contributed by atoms with van der Waals surface area (Å²) in [6.07, 6.45) is 13.5. The molecule has 0 N–H and O–H groups in total. The third-order valence-corrected chi connectivity index (χ3v) is 3.03. The van der Waals surface area contributed by atoms with Crippen molar-refractivity contribution < 1.29 is 0 Å². The molecule has 0 bridgehead atoms. The van der Waals surface area contributed by atoms with Gasteiger partial charge in [0.05, 0.1) is 6.33 Å². The van der Waals surface area contributed by atoms with E-state index in [4.69, 9.17) is 0 Å². The minimum atomic E-state index is 1.07. The molecule has 0 unspecified atom stereocenters. The number of imidazole rings is 1. The lowest BCUT2D eigenvalue weighted by atomic mass is 10.1. The van der Waals surface area contributed by atoms with Gasteiger partial charge in [0.25, 0.3) is 0 Å². The van der Waals surface area contributed by atoms with Gasteiger partial charge in [0.2, 0.25) is 0 Å². The molecule has 0 saturated heterocycles. The maximum absolute atomic E-state index is 4.04. The molecule has 0 saturated carbocycles. The van der Waals surface area contributed by atoms with E-state index in [2.05, 4.69) is 46.0 Å². The number of allylic oxidation sites excluding steroid dienone is 1. The normalized spacial score (nSPS) is 11.2. The van der Waals surface area contributed by atoms with Crippen LogP contribution in [0, 0.1) is 0 Å². The molecule has 94 valence electrons. The van der Waals surface area contributed by atoms with Gasteiger partial charge in [0, 0.05) is 18.9 Å². The van der Waals surface area contributed by atoms with Crippen molar-refractivity contribution >= 4 is 6.08 Å². The van der Waals surface area contributed by atoms with E-state index in [9.17, 15) is 0 Å². The number of benzene rings is 1. The van der Waals surface area contributed by atoms with Gasteiger partial charge < -0.3 is 4.57 Å². The van der Waals surface area contributed by atoms with Crippen LogP contribution in [0.4, 0.5) is 0 Å². The quantitative estimate of drug-likeness (QED) is 0.699. The second-order valence-corrected chi connectivity index (χ2v) is 4.50. The smallest absolute Gasteiger partial charge is 0.0945 e. The summed E-state index contributed by atoms with van der Waals surface area (Å²) in [6, 6.07) is 8.83. The average molecular weight is 240 g/mol. The van der Waals surface area contributed by atoms with Crippen molar-refractivity contribution in [1.82, 2.24) is 9.55 Å². The standard InChI is InChI=1S/C16H20N2/c1-2-5-15-7-9-16(10-8-15)6-3-4-12-18-13-11-17-14-18/h2,5,7-11,13-14H,3-4,6,12H2,1H3/b5-2+. The van der Waals surface area contributed by atoms with Gasteiger partial charge in [-0.05, 0) is 37.3 Å². The summed E-state index contributed by atoms with van der Waals surface area (Å²) in [7, 11) is 0. The first-order valence-corrected chi connectivity index (χ1v) is 6.56. The van der Waals surface area contributed by atoms with Gasteiger partial charge in [0.1, 0.15) is 0 Å². The molecule has 2 heteroatoms. The van der Waals surface area contributed by atoms with Crippen LogP contribution in [0.25, 0.3) is 6.08 Å². The number of rotatable bonds is 6. The molecule has 1 aromatic carbocycles. The lowest BCUT2D eigenvalue weighted by Gasteiger charge is -2.03. The number of hydrogen-bond acceptors (Lipinski definition) is 1. The average Bonchev–Trinajstić information content (AvgIpc) is 2.90. The van der Waals surface area contributed by atoms with Crippen molar-refractivity contribution in [2.75, 3.05) is 0 Å². The van der Waals surface area contributed by atoms with Crippen LogP contribution in [0.3, 0.4) is 0 Å². The number of unbranched alkanes of at least 4 members (excludes halogenated alkanes) is 1. The molecule has 0 aliphatic heterocycles. The van der Waals surface area contributed by atoms with E-state index in [0.717, 1.165) is 13.0 Å². The van der Waals surface area contributed by atoms with Gasteiger partial charge >= 0.3 is 0 Å². The Morgan fingerprint density at radius 1 is 1.17 bits per heavy atom. The largest absolute Gasteiger partial charge is 0.337 e. The van der Waals surface area contributed by atoms with E-state index < -0.39 is 0 Å². The van der Waals surface area contributed by atoms with Gasteiger partial charge in [0.15, 0.2) is 0 Å². The Morgan fingerprint density at radius 2 is 2.00 bits per heavy atom. The zero-order chi connectivity index (χ0) is 12.6. The third kappa shape index (κ3) is 3.88. The molecule has 0 radical (unpaired) electrons. The summed E-state index contributed by atoms with van der Waals surface area (Å²) in [6.45, 7) is 3.11. The summed E-state index contributed by atoms with van der Waals surface area (Å²) >= 11 is 0. The highest BCUT2D eigenvalue weighted by Crippen LogP contribution is 2.09. The topological polar surface area (TPSA) is 17.8 Å². The first-order valence-electron chi connectivity index (χ1n) is 6.56. The molecule has 2 nitrogen and oxygen atoms in total. The van der Waals surface area contributed by atoms with E-state index in [0.29, 0.717) is 0 Å². The Bertz CT molecular complexity index is 466. The molecule has 1 heterocycles. The molecular weight excluding hydrogens is 220 g/mol. The molecule has 0 aliphatic carbocycles. The van der Waals surface area contributed by atoms with Crippen molar-refractivity contribution in [2.24, 2.45) is 0 Å². The molecule has 2 rings (SSSR count). The van der Waals surface area contributed by atoms with Crippen molar-refractivity contribution in [2.45, 2.75) is 32.7 Å². The van der Waals surface area contributed by atoms with Gasteiger partial charge in [-0.25, -0.2) is 4.98 Å². The van der Waals surface area contributed by atoms with Gasteiger partial charge in [-0.1, -0.05) is 36.4 Å². The second-order valence-electron chi connectivity index (χ2n) is 4.50. The number of aryl methyl sites for hydroxylation is 2. The Kier molecular flexibility index (Phi) is 4.77.